The van der Waals surface area contributed by atoms with Crippen LogP contribution >= 0.6 is 0 Å². The summed E-state index contributed by atoms with van der Waals surface area (Å²) < 4.78 is 0. The lowest BCUT2D eigenvalue weighted by atomic mass is 9.86. The second kappa shape index (κ2) is 4.83. The molecule has 3 N–H and O–H groups in total. The van der Waals surface area contributed by atoms with Crippen molar-refractivity contribution in [3.63, 3.8) is 0 Å². The summed E-state index contributed by atoms with van der Waals surface area (Å²) in [5, 5.41) is 8.83. The zero-order valence-electron chi connectivity index (χ0n) is 9.43. The van der Waals surface area contributed by atoms with Crippen LogP contribution < -0.4 is 5.73 Å². The molecule has 1 saturated carbocycles. The maximum atomic E-state index is 10.8. The van der Waals surface area contributed by atoms with E-state index in [0.717, 1.165) is 6.42 Å². The van der Waals surface area contributed by atoms with Gasteiger partial charge >= 0.3 is 5.97 Å². The zero-order chi connectivity index (χ0) is 11.5. The summed E-state index contributed by atoms with van der Waals surface area (Å²) in [5.41, 5.74) is 7.00. The SMILES string of the molecule is N[C@@H](C(=O)O)C1C=CC(C2CCCC2)=CC1. The molecule has 0 aromatic rings. The summed E-state index contributed by atoms with van der Waals surface area (Å²) in [6, 6.07) is -0.766. The highest BCUT2D eigenvalue weighted by Crippen LogP contribution is 2.34. The highest BCUT2D eigenvalue weighted by Gasteiger charge is 2.25. The lowest BCUT2D eigenvalue weighted by Gasteiger charge is -2.21. The molecular weight excluding hydrogens is 202 g/mol. The Morgan fingerprint density at radius 1 is 1.44 bits per heavy atom. The summed E-state index contributed by atoms with van der Waals surface area (Å²) in [6.45, 7) is 0. The number of rotatable bonds is 3. The van der Waals surface area contributed by atoms with E-state index in [2.05, 4.69) is 12.2 Å². The van der Waals surface area contributed by atoms with E-state index in [1.54, 1.807) is 0 Å². The van der Waals surface area contributed by atoms with Gasteiger partial charge in [0.1, 0.15) is 6.04 Å². The summed E-state index contributed by atoms with van der Waals surface area (Å²) >= 11 is 0. The molecule has 2 atom stereocenters. The molecule has 0 bridgehead atoms. The average Bonchev–Trinajstić information content (AvgIpc) is 2.81. The number of allylic oxidation sites excluding steroid dienone is 3. The summed E-state index contributed by atoms with van der Waals surface area (Å²) in [7, 11) is 0. The molecule has 3 nitrogen and oxygen atoms in total. The van der Waals surface area contributed by atoms with Gasteiger partial charge in [-0.25, -0.2) is 0 Å². The van der Waals surface area contributed by atoms with Gasteiger partial charge in [0.2, 0.25) is 0 Å². The van der Waals surface area contributed by atoms with Crippen molar-refractivity contribution in [1.82, 2.24) is 0 Å². The maximum Gasteiger partial charge on any atom is 0.321 e. The predicted molar refractivity (Wildman–Crippen MR) is 62.9 cm³/mol. The van der Waals surface area contributed by atoms with E-state index < -0.39 is 12.0 Å². The van der Waals surface area contributed by atoms with Gasteiger partial charge < -0.3 is 10.8 Å². The van der Waals surface area contributed by atoms with Crippen LogP contribution in [-0.4, -0.2) is 17.1 Å². The number of carboxylic acid groups (broad SMARTS) is 1. The molecule has 0 heterocycles. The molecule has 0 aliphatic heterocycles. The third-order valence-corrected chi connectivity index (χ3v) is 3.73. The van der Waals surface area contributed by atoms with Gasteiger partial charge in [0.25, 0.3) is 0 Å². The minimum atomic E-state index is -0.910. The van der Waals surface area contributed by atoms with Crippen LogP contribution in [-0.2, 0) is 4.79 Å². The Labute approximate surface area is 96.0 Å². The molecule has 0 aromatic carbocycles. The molecule has 3 heteroatoms. The van der Waals surface area contributed by atoms with Crippen molar-refractivity contribution in [1.29, 1.82) is 0 Å². The normalized spacial score (nSPS) is 27.8. The van der Waals surface area contributed by atoms with Crippen LogP contribution in [0.1, 0.15) is 32.1 Å². The first-order valence-corrected chi connectivity index (χ1v) is 6.05. The molecule has 0 radical (unpaired) electrons. The molecule has 1 unspecified atom stereocenters. The van der Waals surface area contributed by atoms with E-state index in [1.807, 2.05) is 6.08 Å². The molecule has 88 valence electrons. The van der Waals surface area contributed by atoms with Gasteiger partial charge in [0.15, 0.2) is 0 Å². The van der Waals surface area contributed by atoms with Gasteiger partial charge in [-0.1, -0.05) is 31.1 Å². The van der Waals surface area contributed by atoms with Crippen molar-refractivity contribution in [2.24, 2.45) is 17.6 Å². The Balaban J connectivity index is 1.95. The van der Waals surface area contributed by atoms with E-state index in [1.165, 1.54) is 31.3 Å². The number of hydrogen-bond donors (Lipinski definition) is 2. The van der Waals surface area contributed by atoms with Gasteiger partial charge in [0.05, 0.1) is 0 Å². The Morgan fingerprint density at radius 3 is 2.62 bits per heavy atom. The molecular formula is C13H19NO2. The fraction of sp³-hybridized carbons (Fsp3) is 0.615. The van der Waals surface area contributed by atoms with E-state index in [9.17, 15) is 4.79 Å². The van der Waals surface area contributed by atoms with Crippen molar-refractivity contribution < 1.29 is 9.90 Å². The van der Waals surface area contributed by atoms with Crippen molar-refractivity contribution in [2.45, 2.75) is 38.1 Å². The predicted octanol–water partition coefficient (Wildman–Crippen LogP) is 2.09. The Hall–Kier alpha value is -1.09. The van der Waals surface area contributed by atoms with Crippen molar-refractivity contribution in [3.8, 4) is 0 Å². The average molecular weight is 221 g/mol. The first-order chi connectivity index (χ1) is 7.68. The monoisotopic (exact) mass is 221 g/mol. The van der Waals surface area contributed by atoms with E-state index in [0.29, 0.717) is 5.92 Å². The lowest BCUT2D eigenvalue weighted by molar-refractivity contribution is -0.139. The highest BCUT2D eigenvalue weighted by atomic mass is 16.4. The van der Waals surface area contributed by atoms with E-state index in [4.69, 9.17) is 10.8 Å². The summed E-state index contributed by atoms with van der Waals surface area (Å²) in [4.78, 5) is 10.8. The van der Waals surface area contributed by atoms with Crippen LogP contribution in [0.25, 0.3) is 0 Å². The molecule has 2 rings (SSSR count). The number of hydrogen-bond acceptors (Lipinski definition) is 2. The van der Waals surface area contributed by atoms with Gasteiger partial charge in [-0.15, -0.1) is 0 Å². The Kier molecular flexibility index (Phi) is 3.44. The molecule has 0 amide bonds. The molecule has 0 spiro atoms. The summed E-state index contributed by atoms with van der Waals surface area (Å²) in [5.74, 6) is -0.242. The summed E-state index contributed by atoms with van der Waals surface area (Å²) in [6.07, 6.45) is 12.2. The largest absolute Gasteiger partial charge is 0.480 e. The standard InChI is InChI=1S/C13H19NO2/c14-12(13(15)16)11-7-5-10(6-8-11)9-3-1-2-4-9/h5-7,9,11-12H,1-4,8,14H2,(H,15,16)/t11?,12-/m1/s1. The minimum absolute atomic E-state index is 0.0392. The third kappa shape index (κ3) is 2.35. The second-order valence-electron chi connectivity index (χ2n) is 4.81. The van der Waals surface area contributed by atoms with Crippen LogP contribution in [0.15, 0.2) is 23.8 Å². The first-order valence-electron chi connectivity index (χ1n) is 6.05. The minimum Gasteiger partial charge on any atom is -0.480 e. The third-order valence-electron chi connectivity index (χ3n) is 3.73. The smallest absolute Gasteiger partial charge is 0.321 e. The van der Waals surface area contributed by atoms with Crippen molar-refractivity contribution >= 4 is 5.97 Å². The maximum absolute atomic E-state index is 10.8. The number of nitrogens with two attached hydrogens (primary N) is 1. The van der Waals surface area contributed by atoms with Crippen LogP contribution in [0.3, 0.4) is 0 Å². The topological polar surface area (TPSA) is 63.3 Å². The van der Waals surface area contributed by atoms with Crippen molar-refractivity contribution in [2.75, 3.05) is 0 Å². The van der Waals surface area contributed by atoms with Crippen LogP contribution in [0, 0.1) is 11.8 Å². The van der Waals surface area contributed by atoms with Gasteiger partial charge in [0, 0.05) is 5.92 Å². The highest BCUT2D eigenvalue weighted by molar-refractivity contribution is 5.74. The molecule has 0 aromatic heterocycles. The van der Waals surface area contributed by atoms with Gasteiger partial charge in [-0.3, -0.25) is 4.79 Å². The molecule has 16 heavy (non-hydrogen) atoms. The van der Waals surface area contributed by atoms with Crippen LogP contribution in [0.5, 0.6) is 0 Å². The quantitative estimate of drug-likeness (QED) is 0.767. The Morgan fingerprint density at radius 2 is 2.12 bits per heavy atom. The fourth-order valence-electron chi connectivity index (χ4n) is 2.66. The van der Waals surface area contributed by atoms with Gasteiger partial charge in [-0.2, -0.15) is 0 Å². The zero-order valence-corrected chi connectivity index (χ0v) is 9.43. The van der Waals surface area contributed by atoms with Gasteiger partial charge in [-0.05, 0) is 30.8 Å². The van der Waals surface area contributed by atoms with Crippen molar-refractivity contribution in [3.05, 3.63) is 23.8 Å². The molecule has 1 fully saturated rings. The lowest BCUT2D eigenvalue weighted by Crippen LogP contribution is -2.37. The number of aliphatic carboxylic acids is 1. The second-order valence-corrected chi connectivity index (χ2v) is 4.81. The Bertz CT molecular complexity index is 327. The number of carbonyl (C=O) groups is 1. The fourth-order valence-corrected chi connectivity index (χ4v) is 2.66. The molecule has 2 aliphatic rings. The van der Waals surface area contributed by atoms with Crippen LogP contribution in [0.4, 0.5) is 0 Å². The molecule has 2 aliphatic carbocycles. The van der Waals surface area contributed by atoms with E-state index in [-0.39, 0.29) is 5.92 Å². The molecule has 0 saturated heterocycles. The van der Waals surface area contributed by atoms with E-state index >= 15 is 0 Å². The number of carboxylic acids is 1. The first kappa shape index (κ1) is 11.4. The van der Waals surface area contributed by atoms with Crippen LogP contribution in [0.2, 0.25) is 0 Å².